The molecule has 0 bridgehead atoms. The Morgan fingerprint density at radius 2 is 2.12 bits per heavy atom. The number of hydrogen-bond acceptors (Lipinski definition) is 2. The smallest absolute Gasteiger partial charge is 0.123 e. The Morgan fingerprint density at radius 3 is 2.71 bits per heavy atom. The van der Waals surface area contributed by atoms with Crippen LogP contribution in [0.15, 0.2) is 0 Å². The van der Waals surface area contributed by atoms with Crippen molar-refractivity contribution in [3.05, 3.63) is 17.2 Å². The third kappa shape index (κ3) is 2.52. The lowest BCUT2D eigenvalue weighted by Crippen LogP contribution is -2.06. The van der Waals surface area contributed by atoms with Crippen LogP contribution in [0.3, 0.4) is 0 Å². The second-order valence-corrected chi connectivity index (χ2v) is 5.06. The molecule has 0 radical (unpaired) electrons. The fourth-order valence-electron chi connectivity index (χ4n) is 2.78. The Morgan fingerprint density at radius 1 is 1.41 bits per heavy atom. The molecular formula is C14H21N3. The summed E-state index contributed by atoms with van der Waals surface area (Å²) in [6, 6.07) is 2.32. The van der Waals surface area contributed by atoms with Crippen LogP contribution in [0.25, 0.3) is 0 Å². The van der Waals surface area contributed by atoms with E-state index in [9.17, 15) is 0 Å². The van der Waals surface area contributed by atoms with E-state index in [2.05, 4.69) is 18.0 Å². The van der Waals surface area contributed by atoms with E-state index in [4.69, 9.17) is 10.2 Å². The van der Waals surface area contributed by atoms with Gasteiger partial charge in [-0.2, -0.15) is 5.26 Å². The molecule has 1 N–H and O–H groups in total. The van der Waals surface area contributed by atoms with Gasteiger partial charge >= 0.3 is 0 Å². The molecule has 0 amide bonds. The summed E-state index contributed by atoms with van der Waals surface area (Å²) < 4.78 is 0. The van der Waals surface area contributed by atoms with Crippen LogP contribution in [0.2, 0.25) is 0 Å². The number of aromatic nitrogens is 2. The number of H-pyrrole nitrogens is 1. The summed E-state index contributed by atoms with van der Waals surface area (Å²) in [6.07, 6.45) is 7.35. The third-order valence-corrected chi connectivity index (χ3v) is 3.83. The van der Waals surface area contributed by atoms with E-state index < -0.39 is 0 Å². The van der Waals surface area contributed by atoms with Crippen molar-refractivity contribution >= 4 is 0 Å². The van der Waals surface area contributed by atoms with Crippen molar-refractivity contribution in [1.82, 2.24) is 9.97 Å². The number of nitriles is 1. The number of imidazole rings is 1. The van der Waals surface area contributed by atoms with Gasteiger partial charge in [0.1, 0.15) is 11.7 Å². The molecule has 3 heteroatoms. The first-order valence-electron chi connectivity index (χ1n) is 6.72. The maximum Gasteiger partial charge on any atom is 0.123 e. The van der Waals surface area contributed by atoms with Crippen molar-refractivity contribution in [2.75, 3.05) is 0 Å². The quantitative estimate of drug-likeness (QED) is 0.860. The molecule has 1 aromatic rings. The molecule has 1 saturated carbocycles. The topological polar surface area (TPSA) is 52.5 Å². The first-order valence-corrected chi connectivity index (χ1v) is 6.72. The molecule has 1 aliphatic rings. The van der Waals surface area contributed by atoms with Crippen LogP contribution < -0.4 is 0 Å². The van der Waals surface area contributed by atoms with Gasteiger partial charge in [0.2, 0.25) is 0 Å². The van der Waals surface area contributed by atoms with Gasteiger partial charge in [-0.25, -0.2) is 4.98 Å². The van der Waals surface area contributed by atoms with Crippen molar-refractivity contribution in [2.24, 2.45) is 0 Å². The highest BCUT2D eigenvalue weighted by molar-refractivity contribution is 5.22. The Hall–Kier alpha value is -1.30. The van der Waals surface area contributed by atoms with Gasteiger partial charge in [0.05, 0.1) is 11.8 Å². The van der Waals surface area contributed by atoms with E-state index >= 15 is 0 Å². The van der Waals surface area contributed by atoms with Crippen molar-refractivity contribution in [3.63, 3.8) is 0 Å². The van der Waals surface area contributed by atoms with Crippen LogP contribution in [0.1, 0.15) is 74.5 Å². The molecule has 1 aliphatic carbocycles. The van der Waals surface area contributed by atoms with Crippen molar-refractivity contribution < 1.29 is 0 Å². The summed E-state index contributed by atoms with van der Waals surface area (Å²) in [5.74, 6) is 1.41. The van der Waals surface area contributed by atoms with E-state index in [0.29, 0.717) is 5.92 Å². The number of aryl methyl sites for hydroxylation is 1. The van der Waals surface area contributed by atoms with E-state index in [-0.39, 0.29) is 5.92 Å². The monoisotopic (exact) mass is 231 g/mol. The Balaban J connectivity index is 2.21. The minimum Gasteiger partial charge on any atom is -0.345 e. The van der Waals surface area contributed by atoms with Gasteiger partial charge in [-0.1, -0.05) is 26.2 Å². The number of nitrogens with one attached hydrogen (secondary N) is 1. The normalized spacial score (nSPS) is 18.9. The first-order chi connectivity index (χ1) is 8.26. The van der Waals surface area contributed by atoms with Gasteiger partial charge in [0.25, 0.3) is 0 Å². The van der Waals surface area contributed by atoms with Gasteiger partial charge in [0.15, 0.2) is 0 Å². The third-order valence-electron chi connectivity index (χ3n) is 3.83. The lowest BCUT2D eigenvalue weighted by Gasteiger charge is -2.20. The lowest BCUT2D eigenvalue weighted by atomic mass is 9.86. The average Bonchev–Trinajstić information content (AvgIpc) is 2.74. The summed E-state index contributed by atoms with van der Waals surface area (Å²) in [5, 5.41) is 9.08. The maximum atomic E-state index is 9.08. The van der Waals surface area contributed by atoms with Crippen LogP contribution in [0.4, 0.5) is 0 Å². The largest absolute Gasteiger partial charge is 0.345 e. The fraction of sp³-hybridized carbons (Fsp3) is 0.714. The number of rotatable bonds is 3. The molecule has 1 heterocycles. The minimum atomic E-state index is -0.0777. The highest BCUT2D eigenvalue weighted by atomic mass is 14.9. The van der Waals surface area contributed by atoms with E-state index in [0.717, 1.165) is 12.2 Å². The summed E-state index contributed by atoms with van der Waals surface area (Å²) in [5.41, 5.74) is 2.38. The molecule has 92 valence electrons. The second kappa shape index (κ2) is 5.35. The molecule has 17 heavy (non-hydrogen) atoms. The van der Waals surface area contributed by atoms with Crippen LogP contribution in [0, 0.1) is 18.3 Å². The summed E-state index contributed by atoms with van der Waals surface area (Å²) >= 11 is 0. The zero-order valence-corrected chi connectivity index (χ0v) is 10.8. The SMILES string of the molecule is CCC(C#N)c1nc(C2CCCCC2)c(C)[nH]1. The summed E-state index contributed by atoms with van der Waals surface area (Å²) in [7, 11) is 0. The molecule has 1 fully saturated rings. The van der Waals surface area contributed by atoms with Crippen LogP contribution in [0.5, 0.6) is 0 Å². The number of aromatic amines is 1. The van der Waals surface area contributed by atoms with E-state index in [1.807, 2.05) is 6.92 Å². The van der Waals surface area contributed by atoms with E-state index in [1.165, 1.54) is 43.5 Å². The Bertz CT molecular complexity index is 408. The molecule has 0 spiro atoms. The molecule has 1 unspecified atom stereocenters. The Kier molecular flexibility index (Phi) is 3.83. The van der Waals surface area contributed by atoms with E-state index in [1.54, 1.807) is 0 Å². The van der Waals surface area contributed by atoms with Crippen molar-refractivity contribution in [2.45, 2.75) is 64.2 Å². The highest BCUT2D eigenvalue weighted by Crippen LogP contribution is 2.34. The highest BCUT2D eigenvalue weighted by Gasteiger charge is 2.22. The number of nitrogens with zero attached hydrogens (tertiary/aromatic N) is 2. The molecule has 1 atom stereocenters. The Labute approximate surface area is 103 Å². The zero-order valence-electron chi connectivity index (χ0n) is 10.8. The van der Waals surface area contributed by atoms with Crippen LogP contribution >= 0.6 is 0 Å². The summed E-state index contributed by atoms with van der Waals surface area (Å²) in [4.78, 5) is 8.01. The second-order valence-electron chi connectivity index (χ2n) is 5.06. The fourth-order valence-corrected chi connectivity index (χ4v) is 2.78. The standard InChI is InChI=1S/C14H21N3/c1-3-11(9-15)14-16-10(2)13(17-14)12-7-5-4-6-8-12/h11-12H,3-8H2,1-2H3,(H,16,17). The van der Waals surface area contributed by atoms with Gasteiger partial charge in [-0.05, 0) is 26.2 Å². The van der Waals surface area contributed by atoms with Crippen molar-refractivity contribution in [1.29, 1.82) is 5.26 Å². The van der Waals surface area contributed by atoms with Gasteiger partial charge in [0, 0.05) is 11.6 Å². The maximum absolute atomic E-state index is 9.08. The van der Waals surface area contributed by atoms with Crippen molar-refractivity contribution in [3.8, 4) is 6.07 Å². The van der Waals surface area contributed by atoms with Crippen LogP contribution in [-0.4, -0.2) is 9.97 Å². The number of hydrogen-bond donors (Lipinski definition) is 1. The molecule has 0 saturated heterocycles. The van der Waals surface area contributed by atoms with Crippen LogP contribution in [-0.2, 0) is 0 Å². The molecule has 0 aromatic carbocycles. The predicted octanol–water partition coefficient (Wildman–Crippen LogP) is 3.78. The van der Waals surface area contributed by atoms with Gasteiger partial charge in [-0.15, -0.1) is 0 Å². The predicted molar refractivity (Wildman–Crippen MR) is 67.8 cm³/mol. The average molecular weight is 231 g/mol. The lowest BCUT2D eigenvalue weighted by molar-refractivity contribution is 0.436. The molecular weight excluding hydrogens is 210 g/mol. The molecule has 0 aliphatic heterocycles. The first kappa shape index (κ1) is 12.2. The van der Waals surface area contributed by atoms with Gasteiger partial charge in [-0.3, -0.25) is 0 Å². The molecule has 1 aromatic heterocycles. The minimum absolute atomic E-state index is 0.0777. The van der Waals surface area contributed by atoms with Gasteiger partial charge < -0.3 is 4.98 Å². The molecule has 3 nitrogen and oxygen atoms in total. The summed E-state index contributed by atoms with van der Waals surface area (Å²) in [6.45, 7) is 4.12. The molecule has 2 rings (SSSR count). The zero-order chi connectivity index (χ0) is 12.3.